The Balaban J connectivity index is -0.0000000267. The Hall–Kier alpha value is 5.91. The molecule has 0 aromatic rings. The zero-order valence-corrected chi connectivity index (χ0v) is 22.4. The van der Waals surface area contributed by atoms with Crippen molar-refractivity contribution in [3.8, 4) is 0 Å². The minimum absolute atomic E-state index is 0. The van der Waals surface area contributed by atoms with Crippen LogP contribution in [0.2, 0.25) is 0 Å². The van der Waals surface area contributed by atoms with Gasteiger partial charge >= 0.3 is 208 Å². The first kappa shape index (κ1) is 23.6. The Kier molecular flexibility index (Phi) is 38.1. The van der Waals surface area contributed by atoms with Crippen LogP contribution in [0.25, 0.3) is 0 Å². The van der Waals surface area contributed by atoms with E-state index in [0.717, 1.165) is 0 Å². The summed E-state index contributed by atoms with van der Waals surface area (Å²) >= 11 is -6.10. The Morgan fingerprint density at radius 2 is 0.875 bits per heavy atom. The van der Waals surface area contributed by atoms with E-state index < -0.39 is 20.1 Å². The van der Waals surface area contributed by atoms with Crippen molar-refractivity contribution in [1.29, 1.82) is 0 Å². The quantitative estimate of drug-likeness (QED) is 0.349. The van der Waals surface area contributed by atoms with E-state index in [9.17, 15) is 0 Å². The van der Waals surface area contributed by atoms with Crippen molar-refractivity contribution in [2.45, 2.75) is 0 Å². The minimum atomic E-state index is -6.10. The summed E-state index contributed by atoms with van der Waals surface area (Å²) in [5, 5.41) is 0. The van der Waals surface area contributed by atoms with Gasteiger partial charge in [0.05, 0.1) is 0 Å². The first-order valence-corrected chi connectivity index (χ1v) is 4.90. The molecule has 0 heterocycles. The molecule has 0 saturated carbocycles. The van der Waals surface area contributed by atoms with Crippen LogP contribution in [0.1, 0.15) is 0 Å². The van der Waals surface area contributed by atoms with Gasteiger partial charge in [-0.05, 0) is 0 Å². The van der Waals surface area contributed by atoms with Crippen molar-refractivity contribution in [3.05, 3.63) is 0 Å². The molecule has 0 aliphatic heterocycles. The molecule has 0 rings (SSSR count). The fraction of sp³-hybridized carbons (Fsp3) is 0. The molecule has 8 heteroatoms. The summed E-state index contributed by atoms with van der Waals surface area (Å²) in [5.41, 5.74) is 0. The van der Waals surface area contributed by atoms with Gasteiger partial charge in [0.1, 0.15) is 0 Å². The molecule has 0 atom stereocenters. The molecular formula is O4Rb3Sb. The average Bonchev–Trinajstić information content (AvgIpc) is 0.722. The second-order valence-corrected chi connectivity index (χ2v) is 3.00. The van der Waals surface area contributed by atoms with Gasteiger partial charge in [0, 0.05) is 0 Å². The fourth-order valence-corrected chi connectivity index (χ4v) is 0. The second kappa shape index (κ2) is 12.9. The molecule has 0 saturated heterocycles. The normalized spacial score (nSPS) is 7.38. The fourth-order valence-electron chi connectivity index (χ4n) is 0. The molecule has 0 fully saturated rings. The van der Waals surface area contributed by atoms with Crippen molar-refractivity contribution in [3.63, 3.8) is 0 Å². The molecule has 32 valence electrons. The van der Waals surface area contributed by atoms with Crippen LogP contribution in [0, 0.1) is 0 Å². The van der Waals surface area contributed by atoms with Crippen molar-refractivity contribution in [1.82, 2.24) is 0 Å². The zero-order chi connectivity index (χ0) is 4.50. The third-order valence-electron chi connectivity index (χ3n) is 0. The first-order valence-electron chi connectivity index (χ1n) is 0.730. The van der Waals surface area contributed by atoms with E-state index >= 15 is 0 Å². The van der Waals surface area contributed by atoms with Crippen molar-refractivity contribution in [2.75, 3.05) is 0 Å². The first-order chi connectivity index (χ1) is 2.00. The topological polar surface area (TPSA) is 86.2 Å². The predicted octanol–water partition coefficient (Wildman–Crippen LogP) is -13.1. The van der Waals surface area contributed by atoms with Gasteiger partial charge in [-0.2, -0.15) is 0 Å². The van der Waals surface area contributed by atoms with Crippen LogP contribution >= 0.6 is 0 Å². The summed E-state index contributed by atoms with van der Waals surface area (Å²) in [4.78, 5) is 0. The van der Waals surface area contributed by atoms with Crippen LogP contribution < -0.4 is 185 Å². The Bertz CT molecular complexity index is 57.4. The van der Waals surface area contributed by atoms with Crippen LogP contribution in [0.3, 0.4) is 0 Å². The molecule has 0 aromatic heterocycles. The van der Waals surface area contributed by atoms with Crippen LogP contribution in [-0.4, -0.2) is 20.1 Å². The van der Waals surface area contributed by atoms with E-state index in [-0.39, 0.29) is 175 Å². The van der Waals surface area contributed by atoms with Crippen LogP contribution in [0.4, 0.5) is 0 Å². The van der Waals surface area contributed by atoms with Crippen molar-refractivity contribution < 1.29 is 188 Å². The van der Waals surface area contributed by atoms with Gasteiger partial charge in [-0.3, -0.25) is 0 Å². The largest absolute Gasteiger partial charge is 1.00 e. The standard InChI is InChI=1S/4O.3Rb.Sb/q;3*-1;3*+1;. The van der Waals surface area contributed by atoms with Crippen LogP contribution in [0.5, 0.6) is 0 Å². The smallest absolute Gasteiger partial charge is 1.00 e. The molecule has 8 heavy (non-hydrogen) atoms. The number of rotatable bonds is 0. The molecule has 0 spiro atoms. The minimum Gasteiger partial charge on any atom is 1.00 e. The van der Waals surface area contributed by atoms with Crippen molar-refractivity contribution in [2.24, 2.45) is 0 Å². The maximum atomic E-state index is 8.64. The molecular weight excluding hydrogens is 442 g/mol. The Morgan fingerprint density at radius 3 is 0.875 bits per heavy atom. The predicted molar refractivity (Wildman–Crippen MR) is 6.44 cm³/mol. The summed E-state index contributed by atoms with van der Waals surface area (Å²) in [5.74, 6) is 0. The van der Waals surface area contributed by atoms with E-state index in [1.165, 1.54) is 0 Å². The number of hydrogen-bond donors (Lipinski definition) is 0. The van der Waals surface area contributed by atoms with Crippen LogP contribution in [0.15, 0.2) is 0 Å². The van der Waals surface area contributed by atoms with Crippen molar-refractivity contribution >= 4 is 20.1 Å². The molecule has 0 unspecified atom stereocenters. The van der Waals surface area contributed by atoms with E-state index in [1.54, 1.807) is 0 Å². The molecule has 4 nitrogen and oxygen atoms in total. The Labute approximate surface area is 200 Å². The number of hydrogen-bond acceptors (Lipinski definition) is 4. The SMILES string of the molecule is [O]=[Sb]([O-])([O-])[O-].[Rb+].[Rb+].[Rb+]. The van der Waals surface area contributed by atoms with Gasteiger partial charge in [-0.25, -0.2) is 0 Å². The summed E-state index contributed by atoms with van der Waals surface area (Å²) < 4.78 is 34.6. The molecule has 0 amide bonds. The molecule has 0 N–H and O–H groups in total. The summed E-state index contributed by atoms with van der Waals surface area (Å²) in [6, 6.07) is 0. The summed E-state index contributed by atoms with van der Waals surface area (Å²) in [6.45, 7) is 0. The van der Waals surface area contributed by atoms with E-state index in [4.69, 9.17) is 13.2 Å². The summed E-state index contributed by atoms with van der Waals surface area (Å²) in [7, 11) is 0. The zero-order valence-electron chi connectivity index (χ0n) is 5.08. The van der Waals surface area contributed by atoms with Crippen LogP contribution in [-0.2, 0) is 3.02 Å². The van der Waals surface area contributed by atoms with E-state index in [2.05, 4.69) is 0 Å². The third kappa shape index (κ3) is 40.6. The maximum Gasteiger partial charge on any atom is 1.00 e. The Morgan fingerprint density at radius 1 is 0.875 bits per heavy atom. The monoisotopic (exact) mass is 440 g/mol. The summed E-state index contributed by atoms with van der Waals surface area (Å²) in [6.07, 6.45) is 0. The average molecular weight is 442 g/mol. The maximum absolute atomic E-state index is 8.64. The third-order valence-corrected chi connectivity index (χ3v) is 0. The van der Waals surface area contributed by atoms with E-state index in [0.29, 0.717) is 0 Å². The molecule has 0 aromatic carbocycles. The van der Waals surface area contributed by atoms with Gasteiger partial charge in [-0.1, -0.05) is 0 Å². The van der Waals surface area contributed by atoms with E-state index in [1.807, 2.05) is 0 Å². The van der Waals surface area contributed by atoms with Gasteiger partial charge in [0.15, 0.2) is 0 Å². The molecule has 0 aliphatic carbocycles. The van der Waals surface area contributed by atoms with Gasteiger partial charge in [0.2, 0.25) is 0 Å². The van der Waals surface area contributed by atoms with Gasteiger partial charge in [-0.15, -0.1) is 0 Å². The molecule has 0 aliphatic rings. The van der Waals surface area contributed by atoms with Gasteiger partial charge in [0.25, 0.3) is 0 Å². The molecule has 0 radical (unpaired) electrons. The van der Waals surface area contributed by atoms with Gasteiger partial charge < -0.3 is 0 Å². The second-order valence-electron chi connectivity index (χ2n) is 0.447. The molecule has 0 bridgehead atoms.